The fraction of sp³-hybridized carbons (Fsp3) is 0.125. The lowest BCUT2D eigenvalue weighted by molar-refractivity contribution is 0.619. The number of nitrogens with zero attached hydrogens (tertiary/aromatic N) is 2. The molecule has 1 aromatic heterocycles. The topological polar surface area (TPSA) is 53.6 Å². The van der Waals surface area contributed by atoms with Crippen LogP contribution in [0.3, 0.4) is 0 Å². The van der Waals surface area contributed by atoms with Crippen LogP contribution >= 0.6 is 0 Å². The van der Waals surface area contributed by atoms with Crippen molar-refractivity contribution < 1.29 is 4.39 Å². The minimum absolute atomic E-state index is 0.219. The number of H-pyrrole nitrogens is 1. The molecule has 4 nitrogen and oxygen atoms in total. The van der Waals surface area contributed by atoms with Crippen molar-refractivity contribution in [1.29, 1.82) is 0 Å². The molecule has 1 heterocycles. The van der Waals surface area contributed by atoms with Gasteiger partial charge >= 0.3 is 0 Å². The zero-order valence-electron chi connectivity index (χ0n) is 11.6. The van der Waals surface area contributed by atoms with E-state index in [0.717, 1.165) is 22.6 Å². The van der Waals surface area contributed by atoms with Crippen molar-refractivity contribution in [3.05, 3.63) is 65.6 Å². The molecule has 0 aliphatic heterocycles. The van der Waals surface area contributed by atoms with Gasteiger partial charge in [-0.25, -0.2) is 4.39 Å². The molecule has 0 unspecified atom stereocenters. The van der Waals surface area contributed by atoms with E-state index < -0.39 is 0 Å². The molecule has 0 saturated heterocycles. The van der Waals surface area contributed by atoms with Gasteiger partial charge in [-0.3, -0.25) is 0 Å². The summed E-state index contributed by atoms with van der Waals surface area (Å²) in [5.41, 5.74) is 3.96. The second-order valence-corrected chi connectivity index (χ2v) is 4.75. The first-order valence-electron chi connectivity index (χ1n) is 6.70. The number of aromatic amines is 1. The van der Waals surface area contributed by atoms with Crippen molar-refractivity contribution in [2.45, 2.75) is 13.5 Å². The third kappa shape index (κ3) is 2.76. The summed E-state index contributed by atoms with van der Waals surface area (Å²) < 4.78 is 13.5. The van der Waals surface area contributed by atoms with Gasteiger partial charge in [0.1, 0.15) is 17.2 Å². The van der Waals surface area contributed by atoms with Crippen LogP contribution in [0.1, 0.15) is 11.3 Å². The Morgan fingerprint density at radius 1 is 1.05 bits per heavy atom. The molecule has 21 heavy (non-hydrogen) atoms. The van der Waals surface area contributed by atoms with Crippen molar-refractivity contribution in [2.24, 2.45) is 0 Å². The molecule has 0 amide bonds. The van der Waals surface area contributed by atoms with Gasteiger partial charge in [-0.05, 0) is 19.1 Å². The summed E-state index contributed by atoms with van der Waals surface area (Å²) in [4.78, 5) is 0. The summed E-state index contributed by atoms with van der Waals surface area (Å²) in [5, 5.41) is 14.2. The molecule has 0 saturated carbocycles. The van der Waals surface area contributed by atoms with Gasteiger partial charge in [-0.1, -0.05) is 36.4 Å². The van der Waals surface area contributed by atoms with E-state index in [9.17, 15) is 4.39 Å². The van der Waals surface area contributed by atoms with Crippen LogP contribution in [-0.2, 0) is 6.54 Å². The Labute approximate surface area is 122 Å². The SMILES string of the molecule is Cc1c(F)cccc1NCc1n[nH]nc1-c1ccccc1. The largest absolute Gasteiger partial charge is 0.379 e. The highest BCUT2D eigenvalue weighted by atomic mass is 19.1. The van der Waals surface area contributed by atoms with Gasteiger partial charge in [0.05, 0.1) is 6.54 Å². The van der Waals surface area contributed by atoms with Crippen molar-refractivity contribution in [1.82, 2.24) is 15.4 Å². The summed E-state index contributed by atoms with van der Waals surface area (Å²) >= 11 is 0. The van der Waals surface area contributed by atoms with E-state index in [1.165, 1.54) is 6.07 Å². The molecular weight excluding hydrogens is 267 g/mol. The molecule has 106 valence electrons. The monoisotopic (exact) mass is 282 g/mol. The third-order valence-corrected chi connectivity index (χ3v) is 3.38. The number of benzene rings is 2. The second-order valence-electron chi connectivity index (χ2n) is 4.75. The molecule has 0 aliphatic rings. The maximum atomic E-state index is 13.5. The Bertz CT molecular complexity index is 737. The fourth-order valence-electron chi connectivity index (χ4n) is 2.18. The number of anilines is 1. The zero-order valence-corrected chi connectivity index (χ0v) is 11.6. The van der Waals surface area contributed by atoms with Crippen molar-refractivity contribution in [3.63, 3.8) is 0 Å². The van der Waals surface area contributed by atoms with Crippen LogP contribution in [0.2, 0.25) is 0 Å². The Morgan fingerprint density at radius 2 is 1.86 bits per heavy atom. The lowest BCUT2D eigenvalue weighted by atomic mass is 10.1. The number of rotatable bonds is 4. The first kappa shape index (κ1) is 13.3. The van der Waals surface area contributed by atoms with Crippen LogP contribution in [0.5, 0.6) is 0 Å². The molecule has 3 aromatic rings. The van der Waals surface area contributed by atoms with Gasteiger partial charge in [0.2, 0.25) is 0 Å². The van der Waals surface area contributed by atoms with Crippen molar-refractivity contribution in [3.8, 4) is 11.3 Å². The highest BCUT2D eigenvalue weighted by Crippen LogP contribution is 2.22. The number of hydrogen-bond acceptors (Lipinski definition) is 3. The maximum Gasteiger partial charge on any atom is 0.128 e. The van der Waals surface area contributed by atoms with E-state index in [1.54, 1.807) is 13.0 Å². The van der Waals surface area contributed by atoms with Crippen molar-refractivity contribution in [2.75, 3.05) is 5.32 Å². The summed E-state index contributed by atoms with van der Waals surface area (Å²) in [6.07, 6.45) is 0. The number of aromatic nitrogens is 3. The average molecular weight is 282 g/mol. The first-order valence-corrected chi connectivity index (χ1v) is 6.70. The summed E-state index contributed by atoms with van der Waals surface area (Å²) in [5.74, 6) is -0.219. The molecule has 0 fully saturated rings. The van der Waals surface area contributed by atoms with Crippen molar-refractivity contribution >= 4 is 5.69 Å². The number of nitrogens with one attached hydrogen (secondary N) is 2. The highest BCUT2D eigenvalue weighted by Gasteiger charge is 2.10. The first-order chi connectivity index (χ1) is 10.3. The normalized spacial score (nSPS) is 10.6. The van der Waals surface area contributed by atoms with Gasteiger partial charge in [0.25, 0.3) is 0 Å². The summed E-state index contributed by atoms with van der Waals surface area (Å²) in [7, 11) is 0. The third-order valence-electron chi connectivity index (χ3n) is 3.38. The maximum absolute atomic E-state index is 13.5. The Kier molecular flexibility index (Phi) is 3.64. The molecule has 0 spiro atoms. The minimum atomic E-state index is -0.219. The predicted octanol–water partition coefficient (Wildman–Crippen LogP) is 3.53. The van der Waals surface area contributed by atoms with Crippen LogP contribution in [0.25, 0.3) is 11.3 Å². The summed E-state index contributed by atoms with van der Waals surface area (Å²) in [6, 6.07) is 14.8. The molecule has 0 bridgehead atoms. The lowest BCUT2D eigenvalue weighted by Crippen LogP contribution is -2.03. The van der Waals surface area contributed by atoms with Gasteiger partial charge < -0.3 is 5.32 Å². The molecule has 0 aliphatic carbocycles. The quantitative estimate of drug-likeness (QED) is 0.769. The standard InChI is InChI=1S/C16H15FN4/c1-11-13(17)8-5-9-14(11)18-10-15-16(20-21-19-15)12-6-3-2-4-7-12/h2-9,18H,10H2,1H3,(H,19,20,21). The van der Waals surface area contributed by atoms with Gasteiger partial charge in [-0.2, -0.15) is 15.4 Å². The fourth-order valence-corrected chi connectivity index (χ4v) is 2.18. The van der Waals surface area contributed by atoms with Gasteiger partial charge in [0.15, 0.2) is 0 Å². The van der Waals surface area contributed by atoms with E-state index in [4.69, 9.17) is 0 Å². The van der Waals surface area contributed by atoms with Gasteiger partial charge in [0, 0.05) is 16.8 Å². The van der Waals surface area contributed by atoms with Crippen LogP contribution in [0.15, 0.2) is 48.5 Å². The van der Waals surface area contributed by atoms with E-state index in [-0.39, 0.29) is 5.82 Å². The predicted molar refractivity (Wildman–Crippen MR) is 80.3 cm³/mol. The molecule has 3 rings (SSSR count). The van der Waals surface area contributed by atoms with Crippen LogP contribution in [0.4, 0.5) is 10.1 Å². The Hall–Kier alpha value is -2.69. The van der Waals surface area contributed by atoms with Crippen LogP contribution in [-0.4, -0.2) is 15.4 Å². The minimum Gasteiger partial charge on any atom is -0.379 e. The summed E-state index contributed by atoms with van der Waals surface area (Å²) in [6.45, 7) is 2.23. The van der Waals surface area contributed by atoms with E-state index >= 15 is 0 Å². The van der Waals surface area contributed by atoms with Crippen LogP contribution < -0.4 is 5.32 Å². The second kappa shape index (κ2) is 5.75. The zero-order chi connectivity index (χ0) is 14.7. The molecule has 0 radical (unpaired) electrons. The Morgan fingerprint density at radius 3 is 2.67 bits per heavy atom. The Balaban J connectivity index is 1.81. The number of halogens is 1. The van der Waals surface area contributed by atoms with E-state index in [0.29, 0.717) is 12.1 Å². The average Bonchev–Trinajstić information content (AvgIpc) is 2.98. The van der Waals surface area contributed by atoms with Crippen LogP contribution in [0, 0.1) is 12.7 Å². The molecule has 0 atom stereocenters. The lowest BCUT2D eigenvalue weighted by Gasteiger charge is -2.09. The number of hydrogen-bond donors (Lipinski definition) is 2. The molecule has 2 N–H and O–H groups in total. The van der Waals surface area contributed by atoms with E-state index in [2.05, 4.69) is 20.7 Å². The van der Waals surface area contributed by atoms with E-state index in [1.807, 2.05) is 36.4 Å². The van der Waals surface area contributed by atoms with Gasteiger partial charge in [-0.15, -0.1) is 0 Å². The highest BCUT2D eigenvalue weighted by molar-refractivity contribution is 5.61. The molecular formula is C16H15FN4. The smallest absolute Gasteiger partial charge is 0.128 e. The molecule has 5 heteroatoms. The molecule has 2 aromatic carbocycles.